The van der Waals surface area contributed by atoms with Crippen molar-refractivity contribution in [3.05, 3.63) is 69.8 Å². The SMILES string of the molecule is Cc1ncsc1-c1ccc(C(C)NC(=O)[C@@H]2C[C@@H](O)CN2C(=O)[C@@H](NC(=O)COCCCCCNC23CC(C(=O)N[C@H]4C(C)(C)[C@H](Oc5ccc(C#N)c(Cl)c5)C4(C)C)(C2)C3)C(C)(C)C)cc1. The van der Waals surface area contributed by atoms with Crippen molar-refractivity contribution in [2.75, 3.05) is 26.3 Å². The lowest BCUT2D eigenvalue weighted by atomic mass is 9.38. The summed E-state index contributed by atoms with van der Waals surface area (Å²) in [7, 11) is 0. The number of likely N-dealkylation sites (tertiary alicyclic amines) is 1. The van der Waals surface area contributed by atoms with E-state index in [1.165, 1.54) is 4.90 Å². The largest absolute Gasteiger partial charge is 0.489 e. The number of β-amino-alcohol motifs (C(OH)–C–C–N with tert-alkyl or cyclic N) is 1. The maximum absolute atomic E-state index is 14.1. The van der Waals surface area contributed by atoms with Crippen LogP contribution in [0.25, 0.3) is 10.4 Å². The van der Waals surface area contributed by atoms with Gasteiger partial charge < -0.3 is 40.7 Å². The van der Waals surface area contributed by atoms with Crippen molar-refractivity contribution in [3.8, 4) is 22.3 Å². The zero-order chi connectivity index (χ0) is 48.7. The van der Waals surface area contributed by atoms with Gasteiger partial charge in [-0.25, -0.2) is 4.98 Å². The van der Waals surface area contributed by atoms with Crippen LogP contribution in [0.5, 0.6) is 5.75 Å². The monoisotopic (exact) mass is 957 g/mol. The topological polar surface area (TPSA) is 195 Å². The van der Waals surface area contributed by atoms with Crippen molar-refractivity contribution in [1.29, 1.82) is 5.26 Å². The number of nitrogens with one attached hydrogen (secondary N) is 4. The number of unbranched alkanes of at least 4 members (excludes halogenated alkanes) is 2. The van der Waals surface area contributed by atoms with Gasteiger partial charge in [-0.1, -0.05) is 84.3 Å². The van der Waals surface area contributed by atoms with E-state index in [1.54, 1.807) is 29.5 Å². The lowest BCUT2D eigenvalue weighted by Crippen LogP contribution is -2.81. The van der Waals surface area contributed by atoms with Gasteiger partial charge in [0.25, 0.3) is 0 Å². The molecule has 1 aliphatic heterocycles. The first-order valence-corrected chi connectivity index (χ1v) is 24.8. The quantitative estimate of drug-likeness (QED) is 0.0781. The lowest BCUT2D eigenvalue weighted by molar-refractivity contribution is -0.199. The Bertz CT molecular complexity index is 2340. The van der Waals surface area contributed by atoms with E-state index >= 15 is 0 Å². The third-order valence-corrected chi connectivity index (χ3v) is 16.0. The van der Waals surface area contributed by atoms with E-state index in [4.69, 9.17) is 21.1 Å². The van der Waals surface area contributed by atoms with Gasteiger partial charge in [0.2, 0.25) is 23.6 Å². The normalized spacial score (nSPS) is 26.4. The van der Waals surface area contributed by atoms with E-state index in [-0.39, 0.29) is 71.4 Å². The second kappa shape index (κ2) is 19.4. The molecule has 362 valence electrons. The Balaban J connectivity index is 0.786. The van der Waals surface area contributed by atoms with E-state index < -0.39 is 35.4 Å². The van der Waals surface area contributed by atoms with E-state index in [1.807, 2.05) is 64.4 Å². The van der Waals surface area contributed by atoms with Crippen molar-refractivity contribution in [2.45, 2.75) is 149 Å². The third kappa shape index (κ3) is 10.4. The minimum absolute atomic E-state index is 0.00611. The molecule has 4 amide bonds. The van der Waals surface area contributed by atoms with Crippen LogP contribution in [0.3, 0.4) is 0 Å². The highest BCUT2D eigenvalue weighted by Crippen LogP contribution is 2.68. The van der Waals surface area contributed by atoms with Crippen molar-refractivity contribution in [2.24, 2.45) is 21.7 Å². The summed E-state index contributed by atoms with van der Waals surface area (Å²) in [6.45, 7) is 18.9. The molecule has 0 spiro atoms. The molecule has 8 rings (SSSR count). The van der Waals surface area contributed by atoms with E-state index in [0.29, 0.717) is 22.9 Å². The van der Waals surface area contributed by atoms with Gasteiger partial charge in [-0.05, 0) is 87.6 Å². The molecule has 2 aromatic carbocycles. The molecule has 16 heteroatoms. The number of aliphatic hydroxyl groups is 1. The van der Waals surface area contributed by atoms with Crippen LogP contribution in [-0.4, -0.2) is 101 Å². The number of aryl methyl sites for hydroxylation is 1. The molecule has 5 aliphatic rings. The number of amides is 4. The van der Waals surface area contributed by atoms with Crippen LogP contribution >= 0.6 is 22.9 Å². The van der Waals surface area contributed by atoms with E-state index in [0.717, 1.165) is 66.8 Å². The molecule has 1 aromatic heterocycles. The highest BCUT2D eigenvalue weighted by atomic mass is 35.5. The Morgan fingerprint density at radius 3 is 2.31 bits per heavy atom. The number of benzene rings is 2. The summed E-state index contributed by atoms with van der Waals surface area (Å²) in [6.07, 6.45) is 4.16. The van der Waals surface area contributed by atoms with Crippen LogP contribution in [0.4, 0.5) is 0 Å². The molecule has 14 nitrogen and oxygen atoms in total. The summed E-state index contributed by atoms with van der Waals surface area (Å²) in [5.41, 5.74) is 3.52. The van der Waals surface area contributed by atoms with Crippen LogP contribution < -0.4 is 26.0 Å². The number of nitrogens with zero attached hydrogens (tertiary/aromatic N) is 3. The second-order valence-corrected chi connectivity index (χ2v) is 23.1. The molecule has 5 fully saturated rings. The summed E-state index contributed by atoms with van der Waals surface area (Å²) in [5, 5.41) is 33.2. The minimum atomic E-state index is -0.942. The smallest absolute Gasteiger partial charge is 0.246 e. The van der Waals surface area contributed by atoms with E-state index in [9.17, 15) is 29.5 Å². The zero-order valence-corrected chi connectivity index (χ0v) is 42.0. The molecule has 67 heavy (non-hydrogen) atoms. The van der Waals surface area contributed by atoms with Gasteiger partial charge in [0.05, 0.1) is 44.2 Å². The van der Waals surface area contributed by atoms with Crippen LogP contribution in [0.15, 0.2) is 48.0 Å². The van der Waals surface area contributed by atoms with E-state index in [2.05, 4.69) is 60.0 Å². The fraction of sp³-hybridized carbons (Fsp3) is 0.608. The van der Waals surface area contributed by atoms with Gasteiger partial charge >= 0.3 is 0 Å². The molecule has 1 saturated heterocycles. The summed E-state index contributed by atoms with van der Waals surface area (Å²) in [6, 6.07) is 12.9. The van der Waals surface area contributed by atoms with Crippen LogP contribution in [0.1, 0.15) is 123 Å². The summed E-state index contributed by atoms with van der Waals surface area (Å²) >= 11 is 7.84. The van der Waals surface area contributed by atoms with Gasteiger partial charge in [-0.15, -0.1) is 11.3 Å². The first kappa shape index (κ1) is 50.3. The number of carbonyl (C=O) groups excluding carboxylic acids is 4. The Morgan fingerprint density at radius 1 is 1.01 bits per heavy atom. The number of hydrogen-bond acceptors (Lipinski definition) is 11. The van der Waals surface area contributed by atoms with Crippen molar-refractivity contribution in [3.63, 3.8) is 0 Å². The lowest BCUT2D eigenvalue weighted by Gasteiger charge is -2.71. The van der Waals surface area contributed by atoms with Crippen LogP contribution in [0, 0.1) is 39.9 Å². The highest BCUT2D eigenvalue weighted by Gasteiger charge is 2.73. The predicted octanol–water partition coefficient (Wildman–Crippen LogP) is 7.01. The van der Waals surface area contributed by atoms with Gasteiger partial charge in [0, 0.05) is 48.0 Å². The number of aliphatic hydroxyl groups excluding tert-OH is 1. The molecule has 0 radical (unpaired) electrons. The highest BCUT2D eigenvalue weighted by molar-refractivity contribution is 7.13. The molecule has 1 unspecified atom stereocenters. The minimum Gasteiger partial charge on any atom is -0.489 e. The maximum atomic E-state index is 14.1. The first-order valence-electron chi connectivity index (χ1n) is 23.6. The fourth-order valence-corrected chi connectivity index (χ4v) is 12.4. The molecule has 2 heterocycles. The fourth-order valence-electron chi connectivity index (χ4n) is 11.3. The summed E-state index contributed by atoms with van der Waals surface area (Å²) in [4.78, 5) is 61.3. The Morgan fingerprint density at radius 2 is 1.70 bits per heavy atom. The number of hydrogen-bond donors (Lipinski definition) is 5. The van der Waals surface area contributed by atoms with Crippen LogP contribution in [-0.2, 0) is 23.9 Å². The molecule has 2 bridgehead atoms. The number of halogens is 1. The predicted molar refractivity (Wildman–Crippen MR) is 258 cm³/mol. The average molecular weight is 959 g/mol. The molecule has 5 N–H and O–H groups in total. The average Bonchev–Trinajstić information content (AvgIpc) is 3.86. The molecule has 4 aliphatic carbocycles. The summed E-state index contributed by atoms with van der Waals surface area (Å²) in [5.74, 6) is -0.477. The zero-order valence-electron chi connectivity index (χ0n) is 40.4. The number of aromatic nitrogens is 1. The molecule has 4 atom stereocenters. The van der Waals surface area contributed by atoms with Crippen molar-refractivity contribution >= 4 is 46.6 Å². The molecule has 4 saturated carbocycles. The number of carbonyl (C=O) groups is 4. The summed E-state index contributed by atoms with van der Waals surface area (Å²) < 4.78 is 12.1. The van der Waals surface area contributed by atoms with Crippen molar-refractivity contribution < 1.29 is 33.8 Å². The Hall–Kier alpha value is -4.59. The Kier molecular flexibility index (Phi) is 14.6. The van der Waals surface area contributed by atoms with Gasteiger partial charge in [0.15, 0.2) is 0 Å². The number of nitriles is 1. The number of ether oxygens (including phenoxy) is 2. The second-order valence-electron chi connectivity index (χ2n) is 21.8. The molecule has 3 aromatic rings. The Labute approximate surface area is 404 Å². The van der Waals surface area contributed by atoms with Gasteiger partial charge in [0.1, 0.15) is 36.6 Å². The third-order valence-electron chi connectivity index (χ3n) is 14.7. The maximum Gasteiger partial charge on any atom is 0.246 e. The van der Waals surface area contributed by atoms with Crippen LogP contribution in [0.2, 0.25) is 5.02 Å². The van der Waals surface area contributed by atoms with Gasteiger partial charge in [-0.3, -0.25) is 19.2 Å². The standard InChI is InChI=1S/C51H68ClN7O7S/c1-30(32-13-15-33(16-14-32)40-31(2)54-29-67-40)56-42(62)38-21-35(60)24-59(38)43(63)41(47(3,4)5)57-39(61)25-65-20-12-10-11-19-55-51-26-50(27-51,28-51)46(64)58-44-48(6,7)45(49(44,8)9)66-36-18-17-34(23-53)37(52)22-36/h13-18,22,29-30,35,38,41,44-45,55,60H,10-12,19-21,24-28H2,1-9H3,(H,56,62)(H,57,61)(H,58,64)/t30?,35-,38+,41-,44-,45-,50?,51?/m1/s1. The van der Waals surface area contributed by atoms with Gasteiger partial charge in [-0.2, -0.15) is 5.26 Å². The number of rotatable bonds is 19. The molecular formula is C51H68ClN7O7S. The molecular weight excluding hydrogens is 890 g/mol. The number of thiazole rings is 1. The first-order chi connectivity index (χ1) is 31.5. The van der Waals surface area contributed by atoms with Crippen molar-refractivity contribution in [1.82, 2.24) is 31.2 Å².